The molecule has 0 saturated heterocycles. The minimum absolute atomic E-state index is 0. The average molecular weight is 715 g/mol. The first-order valence-corrected chi connectivity index (χ1v) is 14.0. The van der Waals surface area contributed by atoms with Gasteiger partial charge in [-0.1, -0.05) is 6.07 Å². The molecule has 4 aromatic rings. The number of rotatable bonds is 7. The molecule has 0 amide bonds. The van der Waals surface area contributed by atoms with Gasteiger partial charge in [0, 0.05) is 47.6 Å². The second-order valence-electron chi connectivity index (χ2n) is 9.96. The van der Waals surface area contributed by atoms with Crippen molar-refractivity contribution in [1.82, 2.24) is 9.13 Å². The third-order valence-electron chi connectivity index (χ3n) is 6.95. The summed E-state index contributed by atoms with van der Waals surface area (Å²) in [5.41, 5.74) is -0.616. The summed E-state index contributed by atoms with van der Waals surface area (Å²) in [6.07, 6.45) is 0. The fourth-order valence-corrected chi connectivity index (χ4v) is 4.31. The van der Waals surface area contributed by atoms with Crippen molar-refractivity contribution < 1.29 is 42.1 Å². The van der Waals surface area contributed by atoms with Crippen LogP contribution in [0.25, 0.3) is 4.85 Å². The summed E-state index contributed by atoms with van der Waals surface area (Å²) in [5.74, 6) is -1.24. The van der Waals surface area contributed by atoms with Gasteiger partial charge in [0.2, 0.25) is 11.8 Å². The Morgan fingerprint density at radius 1 is 0.837 bits per heavy atom. The second kappa shape index (κ2) is 16.5. The minimum atomic E-state index is -0.657. The van der Waals surface area contributed by atoms with Crippen LogP contribution in [0.4, 0.5) is 34.1 Å². The van der Waals surface area contributed by atoms with Crippen molar-refractivity contribution in [2.24, 2.45) is 20.5 Å². The molecule has 0 aliphatic rings. The molecule has 0 atom stereocenters. The number of hydrogen-bond acceptors (Lipinski definition) is 13. The zero-order valence-corrected chi connectivity index (χ0v) is 27.7. The van der Waals surface area contributed by atoms with Gasteiger partial charge in [0.15, 0.2) is 5.69 Å². The first-order chi connectivity index (χ1) is 22.7. The van der Waals surface area contributed by atoms with Crippen LogP contribution in [0.1, 0.15) is 36.1 Å². The normalized spacial score (nSPS) is 10.6. The van der Waals surface area contributed by atoms with Crippen LogP contribution in [0.5, 0.6) is 23.3 Å². The minimum Gasteiger partial charge on any atom is -0.506 e. The van der Waals surface area contributed by atoms with Gasteiger partial charge in [-0.3, -0.25) is 28.8 Å². The van der Waals surface area contributed by atoms with E-state index in [0.29, 0.717) is 0 Å². The van der Waals surface area contributed by atoms with Gasteiger partial charge in [-0.2, -0.15) is 5.26 Å². The predicted octanol–water partition coefficient (Wildman–Crippen LogP) is 6.64. The van der Waals surface area contributed by atoms with Crippen LogP contribution in [0.15, 0.2) is 66.4 Å². The van der Waals surface area contributed by atoms with Crippen LogP contribution in [-0.4, -0.2) is 34.5 Å². The monoisotopic (exact) mass is 714 g/mol. The van der Waals surface area contributed by atoms with Crippen molar-refractivity contribution in [2.75, 3.05) is 0 Å². The Bertz CT molecular complexity index is 2200. The molecule has 255 valence electrons. The van der Waals surface area contributed by atoms with E-state index in [2.05, 4.69) is 25.3 Å². The Morgan fingerprint density at radius 2 is 1.33 bits per heavy atom. The Kier molecular flexibility index (Phi) is 13.0. The van der Waals surface area contributed by atoms with E-state index in [9.17, 15) is 40.1 Å². The molecule has 2 aromatic carbocycles. The molecule has 0 saturated carbocycles. The van der Waals surface area contributed by atoms with Crippen LogP contribution in [-0.2, 0) is 29.9 Å². The molecule has 0 fully saturated rings. The Labute approximate surface area is 288 Å². The summed E-state index contributed by atoms with van der Waals surface area (Å²) in [6.45, 7) is 15.5. The maximum atomic E-state index is 12.1. The van der Waals surface area contributed by atoms with Crippen molar-refractivity contribution >= 4 is 34.1 Å². The van der Waals surface area contributed by atoms with E-state index in [1.165, 1.54) is 19.9 Å². The second-order valence-corrected chi connectivity index (χ2v) is 9.96. The van der Waals surface area contributed by atoms with E-state index in [-0.39, 0.29) is 98.1 Å². The number of phenolic OH excluding ortho intramolecular Hbond substituents is 2. The summed E-state index contributed by atoms with van der Waals surface area (Å²) in [4.78, 5) is 37.4. The van der Waals surface area contributed by atoms with Gasteiger partial charge >= 0.3 is 0 Å². The standard InChI is InChI=1S/C16H16N4O3.C15H13N5O5.Co/c1-4-20-15(22)11(8-17)10(3)14(16(20)23)19-18-12-7-9(2)5-6-13(12)21;1-4-19-14(22)12(16-3)8(2)13(15(19)23)18-17-10-7-9(20(24)25)5-6-11(10)21;/h5-7,21,23H,4H2,1-3H3;5-7,21,23H,4H2,1-2H3;. The molecule has 4 N–H and O–H groups in total. The number of nitrogens with zero attached hydrogens (tertiary/aromatic N) is 9. The molecule has 18 heteroatoms. The summed E-state index contributed by atoms with van der Waals surface area (Å²) in [7, 11) is 0. The molecule has 0 bridgehead atoms. The molecule has 4 rings (SSSR count). The summed E-state index contributed by atoms with van der Waals surface area (Å²) in [5, 5.41) is 75.2. The SMILES string of the molecule is CCn1c(O)c(N=Nc2cc(C)ccc2O)c(C)c(C#N)c1=O.[C-]#[N+]c1c(C)c(N=Nc2cc([N+](=O)[O-])ccc2O)c(O)n(CC)c1=O.[Co]. The Hall–Kier alpha value is -6.37. The van der Waals surface area contributed by atoms with E-state index >= 15 is 0 Å². The third-order valence-corrected chi connectivity index (χ3v) is 6.95. The molecule has 0 aliphatic heterocycles. The van der Waals surface area contributed by atoms with Gasteiger partial charge in [0.1, 0.15) is 40.2 Å². The number of aromatic hydroxyl groups is 4. The topological polar surface area (TPSA) is 246 Å². The molecule has 0 aliphatic carbocycles. The number of azo groups is 2. The zero-order valence-electron chi connectivity index (χ0n) is 26.7. The maximum Gasteiger partial charge on any atom is 0.271 e. The van der Waals surface area contributed by atoms with Crippen molar-refractivity contribution in [2.45, 2.75) is 47.7 Å². The van der Waals surface area contributed by atoms with E-state index in [1.54, 1.807) is 26.0 Å². The van der Waals surface area contributed by atoms with Crippen LogP contribution in [0.2, 0.25) is 0 Å². The largest absolute Gasteiger partial charge is 0.506 e. The summed E-state index contributed by atoms with van der Waals surface area (Å²) >= 11 is 0. The van der Waals surface area contributed by atoms with E-state index in [0.717, 1.165) is 32.9 Å². The molecular formula is C31H29CoN9O8. The molecule has 17 nitrogen and oxygen atoms in total. The first kappa shape index (κ1) is 38.8. The molecule has 1 radical (unpaired) electrons. The molecule has 0 spiro atoms. The van der Waals surface area contributed by atoms with Gasteiger partial charge in [0.25, 0.3) is 22.5 Å². The van der Waals surface area contributed by atoms with E-state index in [4.69, 9.17) is 11.8 Å². The number of aromatic nitrogens is 2. The Morgan fingerprint density at radius 3 is 1.82 bits per heavy atom. The molecular weight excluding hydrogens is 685 g/mol. The van der Waals surface area contributed by atoms with Gasteiger partial charge in [-0.05, 0) is 63.9 Å². The third kappa shape index (κ3) is 8.14. The smallest absolute Gasteiger partial charge is 0.271 e. The van der Waals surface area contributed by atoms with Crippen LogP contribution >= 0.6 is 0 Å². The summed E-state index contributed by atoms with van der Waals surface area (Å²) < 4.78 is 2.01. The molecule has 2 aromatic heterocycles. The van der Waals surface area contributed by atoms with Gasteiger partial charge in [-0.15, -0.1) is 20.5 Å². The number of pyridine rings is 2. The number of nitro groups is 1. The molecule has 0 unspecified atom stereocenters. The van der Waals surface area contributed by atoms with Gasteiger partial charge in [-0.25, -0.2) is 4.85 Å². The van der Waals surface area contributed by atoms with E-state index < -0.39 is 21.9 Å². The molecule has 2 heterocycles. The fourth-order valence-electron chi connectivity index (χ4n) is 4.31. The number of nitriles is 1. The number of nitro benzene ring substituents is 1. The fraction of sp³-hybridized carbons (Fsp3) is 0.226. The van der Waals surface area contributed by atoms with E-state index in [1.807, 2.05) is 13.0 Å². The zero-order chi connectivity index (χ0) is 35.9. The van der Waals surface area contributed by atoms with Crippen molar-refractivity contribution in [1.29, 1.82) is 5.26 Å². The van der Waals surface area contributed by atoms with Crippen molar-refractivity contribution in [3.63, 3.8) is 0 Å². The van der Waals surface area contributed by atoms with Crippen molar-refractivity contribution in [3.8, 4) is 29.3 Å². The van der Waals surface area contributed by atoms with Crippen molar-refractivity contribution in [3.05, 3.63) is 101 Å². The van der Waals surface area contributed by atoms with Gasteiger partial charge < -0.3 is 20.4 Å². The van der Waals surface area contributed by atoms with Crippen LogP contribution in [0.3, 0.4) is 0 Å². The summed E-state index contributed by atoms with van der Waals surface area (Å²) in [6, 6.07) is 9.88. The predicted molar refractivity (Wildman–Crippen MR) is 172 cm³/mol. The number of hydrogen-bond donors (Lipinski definition) is 4. The number of aryl methyl sites for hydroxylation is 1. The Balaban J connectivity index is 0.000000334. The van der Waals surface area contributed by atoms with Gasteiger partial charge in [0.05, 0.1) is 11.5 Å². The van der Waals surface area contributed by atoms with Crippen LogP contribution in [0, 0.1) is 48.8 Å². The average Bonchev–Trinajstić information content (AvgIpc) is 3.04. The maximum absolute atomic E-state index is 12.1. The quantitative estimate of drug-likeness (QED) is 0.0692. The van der Waals surface area contributed by atoms with Crippen LogP contribution < -0.4 is 11.1 Å². The number of non-ortho nitro benzene ring substituents is 1. The first-order valence-electron chi connectivity index (χ1n) is 14.0. The number of phenols is 2. The number of benzene rings is 2. The molecule has 49 heavy (non-hydrogen) atoms.